The number of carbonyl (C=O) groups is 1. The Bertz CT molecular complexity index is 458. The average Bonchev–Trinajstić information content (AvgIpc) is 2.77. The van der Waals surface area contributed by atoms with E-state index in [2.05, 4.69) is 4.74 Å². The topological polar surface area (TPSA) is 83.8 Å². The van der Waals surface area contributed by atoms with E-state index in [1.165, 1.54) is 0 Å². The molecule has 0 saturated carbocycles. The quantitative estimate of drug-likeness (QED) is 0.628. The first kappa shape index (κ1) is 12.3. The van der Waals surface area contributed by atoms with Gasteiger partial charge in [0.15, 0.2) is 5.85 Å². The molecule has 1 aromatic rings. The summed E-state index contributed by atoms with van der Waals surface area (Å²) in [4.78, 5) is 20.9. The molecule has 92 valence electrons. The van der Waals surface area contributed by atoms with Gasteiger partial charge in [-0.25, -0.2) is 0 Å². The number of benzene rings is 1. The highest BCUT2D eigenvalue weighted by Gasteiger charge is 2.44. The maximum Gasteiger partial charge on any atom is 0.306 e. The second kappa shape index (κ2) is 4.61. The van der Waals surface area contributed by atoms with Crippen LogP contribution in [0.3, 0.4) is 0 Å². The normalized spacial score (nSPS) is 25.1. The molecule has 17 heavy (non-hydrogen) atoms. The molecule has 1 heterocycles. The largest absolute Gasteiger partial charge is 0.465 e. The van der Waals surface area contributed by atoms with Crippen LogP contribution in [0.4, 0.5) is 0 Å². The number of esters is 1. The summed E-state index contributed by atoms with van der Waals surface area (Å²) in [5, 5.41) is 9.91. The van der Waals surface area contributed by atoms with Crippen molar-refractivity contribution in [2.45, 2.75) is 17.9 Å². The minimum absolute atomic E-state index is 0.101. The van der Waals surface area contributed by atoms with Crippen LogP contribution in [0.15, 0.2) is 30.3 Å². The van der Waals surface area contributed by atoms with Crippen LogP contribution in [0, 0.1) is 0 Å². The molecule has 2 N–H and O–H groups in total. The Labute approximate surface area is 98.5 Å². The lowest BCUT2D eigenvalue weighted by Crippen LogP contribution is -2.13. The van der Waals surface area contributed by atoms with Crippen LogP contribution < -0.4 is 0 Å². The van der Waals surface area contributed by atoms with Gasteiger partial charge in [-0.15, -0.1) is 0 Å². The lowest BCUT2D eigenvalue weighted by atomic mass is 10.2. The van der Waals surface area contributed by atoms with Crippen molar-refractivity contribution < 1.29 is 24.1 Å². The van der Waals surface area contributed by atoms with Gasteiger partial charge in [-0.05, 0) is 5.56 Å². The summed E-state index contributed by atoms with van der Waals surface area (Å²) < 4.78 is 16.8. The molecule has 1 aliphatic rings. The molecular formula is C11H13O5P. The lowest BCUT2D eigenvalue weighted by molar-refractivity contribution is -0.137. The van der Waals surface area contributed by atoms with Gasteiger partial charge in [-0.1, -0.05) is 30.3 Å². The second-order valence-electron chi connectivity index (χ2n) is 4.00. The zero-order valence-corrected chi connectivity index (χ0v) is 9.92. The van der Waals surface area contributed by atoms with Crippen molar-refractivity contribution in [3.8, 4) is 0 Å². The third-order valence-electron chi connectivity index (χ3n) is 2.81. The van der Waals surface area contributed by atoms with E-state index in [9.17, 15) is 19.4 Å². The van der Waals surface area contributed by atoms with Crippen molar-refractivity contribution in [2.24, 2.45) is 0 Å². The van der Waals surface area contributed by atoms with E-state index in [0.717, 1.165) is 0 Å². The number of cyclic esters (lactones) is 1. The summed E-state index contributed by atoms with van der Waals surface area (Å²) in [5.74, 6) is -1.97. The fourth-order valence-electron chi connectivity index (χ4n) is 1.78. The van der Waals surface area contributed by atoms with Crippen LogP contribution in [0.1, 0.15) is 17.8 Å². The van der Waals surface area contributed by atoms with Crippen molar-refractivity contribution in [3.05, 3.63) is 35.9 Å². The Hall–Kier alpha value is -1.16. The molecule has 0 aliphatic carbocycles. The Balaban J connectivity index is 2.21. The Morgan fingerprint density at radius 3 is 2.53 bits per heavy atom. The Morgan fingerprint density at radius 1 is 1.35 bits per heavy atom. The number of hydrogen-bond acceptors (Lipinski definition) is 4. The number of aliphatic hydroxyl groups excluding tert-OH is 1. The highest BCUT2D eigenvalue weighted by molar-refractivity contribution is 7.59. The summed E-state index contributed by atoms with van der Waals surface area (Å²) in [7, 11) is -3.88. The number of carbonyl (C=O) groups excluding carboxylic acids is 1. The highest BCUT2D eigenvalue weighted by Crippen LogP contribution is 2.59. The first-order valence-corrected chi connectivity index (χ1v) is 7.02. The fraction of sp³-hybridized carbons (Fsp3) is 0.364. The second-order valence-corrected chi connectivity index (χ2v) is 6.56. The van der Waals surface area contributed by atoms with Gasteiger partial charge >= 0.3 is 5.97 Å². The summed E-state index contributed by atoms with van der Waals surface area (Å²) in [6.07, 6.45) is -0.113. The Kier molecular flexibility index (Phi) is 3.33. The molecule has 5 nitrogen and oxygen atoms in total. The zero-order valence-electron chi connectivity index (χ0n) is 9.02. The van der Waals surface area contributed by atoms with E-state index in [0.29, 0.717) is 5.56 Å². The number of hydrogen-bond donors (Lipinski definition) is 2. The smallest absolute Gasteiger partial charge is 0.306 e. The third kappa shape index (κ3) is 2.41. The van der Waals surface area contributed by atoms with Crippen molar-refractivity contribution in [2.75, 3.05) is 6.61 Å². The van der Waals surface area contributed by atoms with E-state index in [1.54, 1.807) is 30.3 Å². The van der Waals surface area contributed by atoms with E-state index in [1.807, 2.05) is 0 Å². The molecule has 1 fully saturated rings. The first-order chi connectivity index (χ1) is 8.01. The standard InChI is InChI=1S/C11H13O5P/c12-10-6-9(7-16-10)17(14,15)11(13)8-4-2-1-3-5-8/h1-5,9,11,13H,6-7H2,(H,14,15)/t9-,11+/m0/s1. The predicted octanol–water partition coefficient (Wildman–Crippen LogP) is 1.26. The fourth-order valence-corrected chi connectivity index (χ4v) is 3.47. The Morgan fingerprint density at radius 2 is 2.00 bits per heavy atom. The molecule has 1 aliphatic heterocycles. The monoisotopic (exact) mass is 256 g/mol. The van der Waals surface area contributed by atoms with Crippen LogP contribution in [-0.2, 0) is 14.1 Å². The maximum atomic E-state index is 12.1. The van der Waals surface area contributed by atoms with Crippen molar-refractivity contribution in [1.82, 2.24) is 0 Å². The highest BCUT2D eigenvalue weighted by atomic mass is 31.2. The van der Waals surface area contributed by atoms with Crippen molar-refractivity contribution >= 4 is 13.3 Å². The van der Waals surface area contributed by atoms with E-state index in [4.69, 9.17) is 0 Å². The van der Waals surface area contributed by atoms with Gasteiger partial charge in [0.05, 0.1) is 12.1 Å². The van der Waals surface area contributed by atoms with E-state index in [-0.39, 0.29) is 13.0 Å². The molecule has 0 radical (unpaired) electrons. The van der Waals surface area contributed by atoms with Gasteiger partial charge in [-0.2, -0.15) is 0 Å². The molecule has 0 amide bonds. The molecule has 2 rings (SSSR count). The van der Waals surface area contributed by atoms with Crippen LogP contribution in [0.25, 0.3) is 0 Å². The molecular weight excluding hydrogens is 243 g/mol. The molecule has 1 saturated heterocycles. The van der Waals surface area contributed by atoms with Crippen LogP contribution in [-0.4, -0.2) is 28.2 Å². The lowest BCUT2D eigenvalue weighted by Gasteiger charge is -2.22. The summed E-state index contributed by atoms with van der Waals surface area (Å²) in [6, 6.07) is 8.25. The molecule has 0 aromatic heterocycles. The molecule has 1 aromatic carbocycles. The summed E-state index contributed by atoms with van der Waals surface area (Å²) in [5.41, 5.74) is -0.442. The average molecular weight is 256 g/mol. The molecule has 1 unspecified atom stereocenters. The van der Waals surface area contributed by atoms with E-state index < -0.39 is 24.8 Å². The van der Waals surface area contributed by atoms with Crippen LogP contribution in [0.5, 0.6) is 0 Å². The molecule has 0 spiro atoms. The number of ether oxygens (including phenoxy) is 1. The van der Waals surface area contributed by atoms with Gasteiger partial charge in [0.25, 0.3) is 0 Å². The maximum absolute atomic E-state index is 12.1. The minimum Gasteiger partial charge on any atom is -0.465 e. The van der Waals surface area contributed by atoms with Gasteiger partial charge in [-0.3, -0.25) is 9.36 Å². The zero-order chi connectivity index (χ0) is 12.5. The van der Waals surface area contributed by atoms with Gasteiger partial charge < -0.3 is 14.7 Å². The van der Waals surface area contributed by atoms with Gasteiger partial charge in [0.2, 0.25) is 7.37 Å². The SMILES string of the molecule is O=C1C[C@H](P(=O)(O)[C@@H](O)c2ccccc2)CO1. The predicted molar refractivity (Wildman–Crippen MR) is 60.6 cm³/mol. The van der Waals surface area contributed by atoms with E-state index >= 15 is 0 Å². The molecule has 6 heteroatoms. The van der Waals surface area contributed by atoms with Crippen molar-refractivity contribution in [3.63, 3.8) is 0 Å². The van der Waals surface area contributed by atoms with Crippen LogP contribution in [0.2, 0.25) is 0 Å². The minimum atomic E-state index is -3.88. The van der Waals surface area contributed by atoms with Crippen LogP contribution >= 0.6 is 7.37 Å². The van der Waals surface area contributed by atoms with Gasteiger partial charge in [0.1, 0.15) is 6.61 Å². The van der Waals surface area contributed by atoms with Gasteiger partial charge in [0, 0.05) is 0 Å². The molecule has 0 bridgehead atoms. The summed E-state index contributed by atoms with van der Waals surface area (Å²) >= 11 is 0. The number of rotatable bonds is 3. The molecule has 3 atom stereocenters. The number of aliphatic hydroxyl groups is 1. The van der Waals surface area contributed by atoms with Crippen molar-refractivity contribution in [1.29, 1.82) is 0 Å². The first-order valence-electron chi connectivity index (χ1n) is 5.22. The third-order valence-corrected chi connectivity index (χ3v) is 5.19. The summed E-state index contributed by atoms with van der Waals surface area (Å²) in [6.45, 7) is -0.101.